The van der Waals surface area contributed by atoms with Crippen LogP contribution in [0.4, 0.5) is 10.1 Å². The molecular weight excluding hydrogens is 203 g/mol. The second kappa shape index (κ2) is 5.30. The van der Waals surface area contributed by atoms with Gasteiger partial charge in [0, 0.05) is 24.3 Å². The lowest BCUT2D eigenvalue weighted by Gasteiger charge is -2.30. The van der Waals surface area contributed by atoms with Crippen LogP contribution in [0.15, 0.2) is 18.2 Å². The van der Waals surface area contributed by atoms with Gasteiger partial charge in [0.1, 0.15) is 5.82 Å². The van der Waals surface area contributed by atoms with E-state index in [0.717, 1.165) is 17.8 Å². The molecule has 1 aromatic carbocycles. The maximum Gasteiger partial charge on any atom is 0.123 e. The molecular formula is C13H21FN2. The number of hydrogen-bond acceptors (Lipinski definition) is 2. The number of rotatable bonds is 4. The largest absolute Gasteiger partial charge is 0.369 e. The van der Waals surface area contributed by atoms with E-state index in [1.54, 1.807) is 0 Å². The van der Waals surface area contributed by atoms with E-state index < -0.39 is 0 Å². The van der Waals surface area contributed by atoms with Gasteiger partial charge in [-0.1, -0.05) is 0 Å². The van der Waals surface area contributed by atoms with E-state index in [9.17, 15) is 4.39 Å². The molecule has 1 rings (SSSR count). The van der Waals surface area contributed by atoms with Crippen molar-refractivity contribution >= 4 is 5.69 Å². The Morgan fingerprint density at radius 2 is 1.94 bits per heavy atom. The maximum absolute atomic E-state index is 13.2. The quantitative estimate of drug-likeness (QED) is 0.851. The molecule has 1 atom stereocenters. The highest BCUT2D eigenvalue weighted by Crippen LogP contribution is 2.27. The lowest BCUT2D eigenvalue weighted by molar-refractivity contribution is 0.619. The van der Waals surface area contributed by atoms with Gasteiger partial charge in [0.2, 0.25) is 0 Å². The molecule has 90 valence electrons. The third-order valence-corrected chi connectivity index (χ3v) is 2.75. The predicted molar refractivity (Wildman–Crippen MR) is 67.2 cm³/mol. The Bertz CT molecular complexity index is 348. The molecule has 0 bridgehead atoms. The molecule has 0 heterocycles. The van der Waals surface area contributed by atoms with E-state index in [1.807, 2.05) is 13.0 Å². The molecule has 0 spiro atoms. The van der Waals surface area contributed by atoms with Gasteiger partial charge < -0.3 is 10.6 Å². The first kappa shape index (κ1) is 13.0. The zero-order chi connectivity index (χ0) is 12.3. The molecule has 1 aromatic rings. The zero-order valence-electron chi connectivity index (χ0n) is 10.5. The first-order valence-corrected chi connectivity index (χ1v) is 5.79. The molecule has 0 amide bonds. The van der Waals surface area contributed by atoms with Crippen LogP contribution < -0.4 is 10.6 Å². The van der Waals surface area contributed by atoms with Crippen LogP contribution in [0.3, 0.4) is 0 Å². The van der Waals surface area contributed by atoms with Crippen molar-refractivity contribution in [1.29, 1.82) is 0 Å². The van der Waals surface area contributed by atoms with Crippen LogP contribution in [0.5, 0.6) is 0 Å². The monoisotopic (exact) mass is 224 g/mol. The minimum Gasteiger partial charge on any atom is -0.369 e. The molecule has 0 aliphatic rings. The highest BCUT2D eigenvalue weighted by atomic mass is 19.1. The van der Waals surface area contributed by atoms with Crippen molar-refractivity contribution in [3.63, 3.8) is 0 Å². The first-order chi connectivity index (χ1) is 7.47. The van der Waals surface area contributed by atoms with E-state index in [0.29, 0.717) is 6.04 Å². The predicted octanol–water partition coefficient (Wildman–Crippen LogP) is 3.08. The second-order valence-electron chi connectivity index (χ2n) is 4.37. The summed E-state index contributed by atoms with van der Waals surface area (Å²) in [7, 11) is 0. The summed E-state index contributed by atoms with van der Waals surface area (Å²) in [5.74, 6) is -0.226. The highest BCUT2D eigenvalue weighted by Gasteiger charge is 2.15. The normalized spacial score (nSPS) is 12.9. The summed E-state index contributed by atoms with van der Waals surface area (Å²) in [5.41, 5.74) is 7.79. The molecule has 3 heteroatoms. The van der Waals surface area contributed by atoms with Crippen molar-refractivity contribution < 1.29 is 4.39 Å². The van der Waals surface area contributed by atoms with Gasteiger partial charge in [0.25, 0.3) is 0 Å². The number of benzene rings is 1. The van der Waals surface area contributed by atoms with Crippen LogP contribution in [-0.4, -0.2) is 12.6 Å². The maximum atomic E-state index is 13.2. The third kappa shape index (κ3) is 2.73. The van der Waals surface area contributed by atoms with Crippen LogP contribution in [0, 0.1) is 5.82 Å². The Kier molecular flexibility index (Phi) is 4.30. The average molecular weight is 224 g/mol. The molecule has 0 radical (unpaired) electrons. The van der Waals surface area contributed by atoms with Crippen LogP contribution >= 0.6 is 0 Å². The lowest BCUT2D eigenvalue weighted by Crippen LogP contribution is -2.31. The topological polar surface area (TPSA) is 29.3 Å². The number of anilines is 1. The van der Waals surface area contributed by atoms with Crippen molar-refractivity contribution in [2.45, 2.75) is 39.8 Å². The molecule has 0 saturated heterocycles. The highest BCUT2D eigenvalue weighted by molar-refractivity contribution is 5.55. The van der Waals surface area contributed by atoms with E-state index in [-0.39, 0.29) is 11.9 Å². The fourth-order valence-electron chi connectivity index (χ4n) is 1.97. The van der Waals surface area contributed by atoms with Crippen molar-refractivity contribution in [2.75, 3.05) is 11.4 Å². The van der Waals surface area contributed by atoms with Gasteiger partial charge in [0.15, 0.2) is 0 Å². The minimum atomic E-state index is -0.226. The molecule has 0 fully saturated rings. The van der Waals surface area contributed by atoms with E-state index in [1.165, 1.54) is 12.1 Å². The fraction of sp³-hybridized carbons (Fsp3) is 0.538. The molecule has 0 aromatic heterocycles. The summed E-state index contributed by atoms with van der Waals surface area (Å²) in [6.45, 7) is 9.11. The number of nitrogens with two attached hydrogens (primary N) is 1. The summed E-state index contributed by atoms with van der Waals surface area (Å²) in [6.07, 6.45) is 0. The lowest BCUT2D eigenvalue weighted by atomic mass is 10.0. The summed E-state index contributed by atoms with van der Waals surface area (Å²) in [5, 5.41) is 0. The van der Waals surface area contributed by atoms with E-state index >= 15 is 0 Å². The fourth-order valence-corrected chi connectivity index (χ4v) is 1.97. The van der Waals surface area contributed by atoms with Gasteiger partial charge in [-0.15, -0.1) is 0 Å². The first-order valence-electron chi connectivity index (χ1n) is 5.79. The van der Waals surface area contributed by atoms with Gasteiger partial charge in [-0.3, -0.25) is 0 Å². The Morgan fingerprint density at radius 3 is 2.38 bits per heavy atom. The average Bonchev–Trinajstić information content (AvgIpc) is 2.20. The van der Waals surface area contributed by atoms with Gasteiger partial charge in [-0.05, 0) is 51.5 Å². The Balaban J connectivity index is 3.20. The second-order valence-corrected chi connectivity index (χ2v) is 4.37. The van der Waals surface area contributed by atoms with Gasteiger partial charge in [0.05, 0.1) is 0 Å². The zero-order valence-corrected chi connectivity index (χ0v) is 10.5. The molecule has 0 aliphatic heterocycles. The molecule has 2 N–H and O–H groups in total. The minimum absolute atomic E-state index is 0.154. The molecule has 2 nitrogen and oxygen atoms in total. The van der Waals surface area contributed by atoms with E-state index in [4.69, 9.17) is 5.73 Å². The molecule has 0 unspecified atom stereocenters. The molecule has 0 aliphatic carbocycles. The summed E-state index contributed by atoms with van der Waals surface area (Å²) < 4.78 is 13.2. The van der Waals surface area contributed by atoms with Gasteiger partial charge >= 0.3 is 0 Å². The van der Waals surface area contributed by atoms with Crippen molar-refractivity contribution in [1.82, 2.24) is 0 Å². The Hall–Kier alpha value is -1.09. The molecule has 16 heavy (non-hydrogen) atoms. The Labute approximate surface area is 97.3 Å². The Morgan fingerprint density at radius 1 is 1.31 bits per heavy atom. The van der Waals surface area contributed by atoms with Crippen LogP contribution in [0.2, 0.25) is 0 Å². The summed E-state index contributed by atoms with van der Waals surface area (Å²) >= 11 is 0. The van der Waals surface area contributed by atoms with E-state index in [2.05, 4.69) is 25.7 Å². The summed E-state index contributed by atoms with van der Waals surface area (Å²) in [6, 6.07) is 5.07. The SMILES string of the molecule is CCN(c1ccc(F)cc1[C@@H](C)N)C(C)C. The van der Waals surface area contributed by atoms with Crippen LogP contribution in [0.1, 0.15) is 39.3 Å². The number of nitrogens with zero attached hydrogens (tertiary/aromatic N) is 1. The standard InChI is InChI=1S/C13H21FN2/c1-5-16(9(2)3)13-7-6-11(14)8-12(13)10(4)15/h6-10H,5,15H2,1-4H3/t10-/m1/s1. The molecule has 0 saturated carbocycles. The van der Waals surface area contributed by atoms with Gasteiger partial charge in [-0.2, -0.15) is 0 Å². The van der Waals surface area contributed by atoms with Crippen molar-refractivity contribution in [3.8, 4) is 0 Å². The third-order valence-electron chi connectivity index (χ3n) is 2.75. The number of halogens is 1. The van der Waals surface area contributed by atoms with Gasteiger partial charge in [-0.25, -0.2) is 4.39 Å². The number of hydrogen-bond donors (Lipinski definition) is 1. The van der Waals surface area contributed by atoms with Crippen molar-refractivity contribution in [3.05, 3.63) is 29.6 Å². The smallest absolute Gasteiger partial charge is 0.123 e. The van der Waals surface area contributed by atoms with Crippen LogP contribution in [0.25, 0.3) is 0 Å². The summed E-state index contributed by atoms with van der Waals surface area (Å²) in [4.78, 5) is 2.22. The van der Waals surface area contributed by atoms with Crippen molar-refractivity contribution in [2.24, 2.45) is 5.73 Å². The van der Waals surface area contributed by atoms with Crippen LogP contribution in [-0.2, 0) is 0 Å².